The van der Waals surface area contributed by atoms with Crippen LogP contribution in [-0.4, -0.2) is 37.2 Å². The van der Waals surface area contributed by atoms with E-state index in [-0.39, 0.29) is 31.1 Å². The van der Waals surface area contributed by atoms with Gasteiger partial charge in [0.25, 0.3) is 0 Å². The number of esters is 3. The molecule has 0 aliphatic carbocycles. The highest BCUT2D eigenvalue weighted by Crippen LogP contribution is 2.17. The molecular weight excluding hydrogens is 865 g/mol. The van der Waals surface area contributed by atoms with E-state index >= 15 is 0 Å². The number of carbonyl (C=O) groups is 3. The summed E-state index contributed by atoms with van der Waals surface area (Å²) in [4.78, 5) is 38.2. The SMILES string of the molecule is CCCC/C=C\C/C=C\CCCCCCCC(=O)OCC(COC(=O)CCCCCCCCCCCCCCCCCCCCCCCCCC)OC(=O)CCCCCCC/C=C\C/C=C\CCCC. The maximum atomic E-state index is 12.8. The maximum Gasteiger partial charge on any atom is 0.306 e. The largest absolute Gasteiger partial charge is 0.462 e. The Labute approximate surface area is 435 Å². The van der Waals surface area contributed by atoms with Crippen molar-refractivity contribution in [1.29, 1.82) is 0 Å². The highest BCUT2D eigenvalue weighted by molar-refractivity contribution is 5.71. The summed E-state index contributed by atoms with van der Waals surface area (Å²) in [6.07, 6.45) is 72.6. The van der Waals surface area contributed by atoms with Crippen LogP contribution in [0, 0.1) is 0 Å². The number of carbonyl (C=O) groups excluding carboxylic acids is 3. The molecule has 0 amide bonds. The lowest BCUT2D eigenvalue weighted by Gasteiger charge is -2.18. The Morgan fingerprint density at radius 3 is 0.829 bits per heavy atom. The molecule has 0 saturated heterocycles. The molecule has 0 aromatic carbocycles. The van der Waals surface area contributed by atoms with Crippen LogP contribution < -0.4 is 0 Å². The smallest absolute Gasteiger partial charge is 0.306 e. The van der Waals surface area contributed by atoms with Gasteiger partial charge in [0.2, 0.25) is 0 Å². The molecule has 70 heavy (non-hydrogen) atoms. The van der Waals surface area contributed by atoms with Crippen molar-refractivity contribution >= 4 is 17.9 Å². The van der Waals surface area contributed by atoms with Crippen molar-refractivity contribution in [3.63, 3.8) is 0 Å². The van der Waals surface area contributed by atoms with E-state index in [1.54, 1.807) is 0 Å². The zero-order valence-corrected chi connectivity index (χ0v) is 46.8. The van der Waals surface area contributed by atoms with Gasteiger partial charge >= 0.3 is 17.9 Å². The number of rotatable bonds is 56. The van der Waals surface area contributed by atoms with Crippen molar-refractivity contribution < 1.29 is 28.6 Å². The lowest BCUT2D eigenvalue weighted by atomic mass is 10.0. The van der Waals surface area contributed by atoms with E-state index in [1.165, 1.54) is 180 Å². The third-order valence-electron chi connectivity index (χ3n) is 13.6. The van der Waals surface area contributed by atoms with Crippen LogP contribution in [0.5, 0.6) is 0 Å². The van der Waals surface area contributed by atoms with E-state index < -0.39 is 6.10 Å². The second-order valence-corrected chi connectivity index (χ2v) is 20.6. The van der Waals surface area contributed by atoms with Gasteiger partial charge in [-0.15, -0.1) is 0 Å². The van der Waals surface area contributed by atoms with E-state index in [2.05, 4.69) is 69.4 Å². The minimum atomic E-state index is -0.784. The zero-order chi connectivity index (χ0) is 50.7. The number of ether oxygens (including phenoxy) is 3. The van der Waals surface area contributed by atoms with Gasteiger partial charge in [-0.25, -0.2) is 0 Å². The first-order valence-corrected chi connectivity index (χ1v) is 30.6. The van der Waals surface area contributed by atoms with Crippen LogP contribution in [0.4, 0.5) is 0 Å². The molecule has 0 bridgehead atoms. The van der Waals surface area contributed by atoms with Gasteiger partial charge in [0.1, 0.15) is 13.2 Å². The van der Waals surface area contributed by atoms with Crippen molar-refractivity contribution in [3.8, 4) is 0 Å². The lowest BCUT2D eigenvalue weighted by molar-refractivity contribution is -0.167. The number of hydrogen-bond acceptors (Lipinski definition) is 6. The normalized spacial score (nSPS) is 12.3. The average molecular weight is 982 g/mol. The topological polar surface area (TPSA) is 78.9 Å². The Hall–Kier alpha value is -2.63. The van der Waals surface area contributed by atoms with E-state index in [0.29, 0.717) is 19.3 Å². The maximum absolute atomic E-state index is 12.8. The Kier molecular flexibility index (Phi) is 56.7. The van der Waals surface area contributed by atoms with Gasteiger partial charge in [-0.05, 0) is 70.6 Å². The minimum absolute atomic E-state index is 0.0805. The predicted octanol–water partition coefficient (Wildman–Crippen LogP) is 20.6. The van der Waals surface area contributed by atoms with Crippen LogP contribution in [0.1, 0.15) is 323 Å². The summed E-state index contributed by atoms with van der Waals surface area (Å²) < 4.78 is 16.9. The van der Waals surface area contributed by atoms with E-state index in [9.17, 15) is 14.4 Å². The molecular formula is C64H116O6. The number of unbranched alkanes of at least 4 members (excludes halogenated alkanes) is 37. The summed E-state index contributed by atoms with van der Waals surface area (Å²) in [5.41, 5.74) is 0. The van der Waals surface area contributed by atoms with Gasteiger partial charge in [-0.3, -0.25) is 14.4 Å². The quantitative estimate of drug-likeness (QED) is 0.0261. The Morgan fingerprint density at radius 2 is 0.529 bits per heavy atom. The third-order valence-corrected chi connectivity index (χ3v) is 13.6. The molecule has 0 rings (SSSR count). The fourth-order valence-corrected chi connectivity index (χ4v) is 8.89. The molecule has 0 fully saturated rings. The fourth-order valence-electron chi connectivity index (χ4n) is 8.89. The van der Waals surface area contributed by atoms with E-state index in [4.69, 9.17) is 14.2 Å². The second kappa shape index (κ2) is 58.9. The molecule has 1 atom stereocenters. The third kappa shape index (κ3) is 56.3. The van der Waals surface area contributed by atoms with Gasteiger partial charge in [0, 0.05) is 19.3 Å². The minimum Gasteiger partial charge on any atom is -0.462 e. The molecule has 0 spiro atoms. The van der Waals surface area contributed by atoms with Crippen molar-refractivity contribution in [2.45, 2.75) is 329 Å². The first kappa shape index (κ1) is 67.4. The van der Waals surface area contributed by atoms with Crippen molar-refractivity contribution in [2.75, 3.05) is 13.2 Å². The van der Waals surface area contributed by atoms with Crippen LogP contribution in [0.2, 0.25) is 0 Å². The zero-order valence-electron chi connectivity index (χ0n) is 46.8. The Bertz CT molecular complexity index is 1220. The van der Waals surface area contributed by atoms with Crippen molar-refractivity contribution in [3.05, 3.63) is 48.6 Å². The molecule has 1 unspecified atom stereocenters. The second-order valence-electron chi connectivity index (χ2n) is 20.6. The van der Waals surface area contributed by atoms with E-state index in [0.717, 1.165) is 103 Å². The molecule has 0 saturated carbocycles. The summed E-state index contributed by atoms with van der Waals surface area (Å²) in [6, 6.07) is 0. The molecule has 6 heteroatoms. The van der Waals surface area contributed by atoms with Crippen LogP contribution in [0.25, 0.3) is 0 Å². The molecule has 0 aliphatic heterocycles. The molecule has 6 nitrogen and oxygen atoms in total. The van der Waals surface area contributed by atoms with Gasteiger partial charge in [0.05, 0.1) is 0 Å². The van der Waals surface area contributed by atoms with Gasteiger partial charge in [0.15, 0.2) is 6.10 Å². The first-order chi connectivity index (χ1) is 34.5. The van der Waals surface area contributed by atoms with Crippen molar-refractivity contribution in [1.82, 2.24) is 0 Å². The highest BCUT2D eigenvalue weighted by atomic mass is 16.6. The number of allylic oxidation sites excluding steroid dienone is 8. The molecule has 0 aromatic rings. The lowest BCUT2D eigenvalue weighted by Crippen LogP contribution is -2.30. The Morgan fingerprint density at radius 1 is 0.286 bits per heavy atom. The van der Waals surface area contributed by atoms with E-state index in [1.807, 2.05) is 0 Å². The van der Waals surface area contributed by atoms with Crippen LogP contribution in [0.3, 0.4) is 0 Å². The molecule has 0 aliphatic rings. The summed E-state index contributed by atoms with van der Waals surface area (Å²) >= 11 is 0. The summed E-state index contributed by atoms with van der Waals surface area (Å²) in [7, 11) is 0. The average Bonchev–Trinajstić information content (AvgIpc) is 3.36. The number of hydrogen-bond donors (Lipinski definition) is 0. The standard InChI is InChI=1S/C64H116O6/c1-4-7-10-13-16-19-22-25-28-29-30-31-32-33-34-35-36-37-40-42-45-48-51-54-57-63(66)69-60-61(70-64(67)58-55-52-49-46-43-39-27-24-21-18-15-12-9-6-3)59-68-62(65)56-53-50-47-44-41-38-26-23-20-17-14-11-8-5-2/h14-15,17-18,23-24,26-27,61H,4-13,16,19-22,25,28-60H2,1-3H3/b17-14-,18-15-,26-23-,27-24-. The predicted molar refractivity (Wildman–Crippen MR) is 302 cm³/mol. The molecule has 0 N–H and O–H groups in total. The van der Waals surface area contributed by atoms with Gasteiger partial charge in [-0.2, -0.15) is 0 Å². The summed E-state index contributed by atoms with van der Waals surface area (Å²) in [5.74, 6) is -0.893. The molecule has 408 valence electrons. The summed E-state index contributed by atoms with van der Waals surface area (Å²) in [5, 5.41) is 0. The van der Waals surface area contributed by atoms with Gasteiger partial charge in [-0.1, -0.05) is 281 Å². The molecule has 0 aromatic heterocycles. The molecule has 0 radical (unpaired) electrons. The van der Waals surface area contributed by atoms with Crippen LogP contribution in [0.15, 0.2) is 48.6 Å². The monoisotopic (exact) mass is 981 g/mol. The van der Waals surface area contributed by atoms with Crippen LogP contribution in [-0.2, 0) is 28.6 Å². The highest BCUT2D eigenvalue weighted by Gasteiger charge is 2.19. The van der Waals surface area contributed by atoms with Gasteiger partial charge < -0.3 is 14.2 Å². The van der Waals surface area contributed by atoms with Crippen LogP contribution >= 0.6 is 0 Å². The summed E-state index contributed by atoms with van der Waals surface area (Å²) in [6.45, 7) is 6.58. The first-order valence-electron chi connectivity index (χ1n) is 30.6. The van der Waals surface area contributed by atoms with Crippen molar-refractivity contribution in [2.24, 2.45) is 0 Å². The fraction of sp³-hybridized carbons (Fsp3) is 0.828. The molecule has 0 heterocycles. The Balaban J connectivity index is 4.26.